The van der Waals surface area contributed by atoms with Gasteiger partial charge in [-0.1, -0.05) is 0 Å². The number of rotatable bonds is 7. The molecule has 1 fully saturated rings. The van der Waals surface area contributed by atoms with Crippen molar-refractivity contribution in [3.8, 4) is 0 Å². The Morgan fingerprint density at radius 2 is 2.23 bits per heavy atom. The summed E-state index contributed by atoms with van der Waals surface area (Å²) in [7, 11) is 3.11. The van der Waals surface area contributed by atoms with Crippen molar-refractivity contribution in [2.75, 3.05) is 32.7 Å². The smallest absolute Gasteiger partial charge is 0.337 e. The molecule has 1 heterocycles. The Bertz CT molecular complexity index is 676. The minimum atomic E-state index is -0.345. The molecule has 0 atom stereocenters. The largest absolute Gasteiger partial charge is 0.465 e. The fraction of sp³-hybridized carbons (Fsp3) is 0.500. The van der Waals surface area contributed by atoms with Crippen molar-refractivity contribution in [2.24, 2.45) is 5.41 Å². The fourth-order valence-electron chi connectivity index (χ4n) is 2.62. The van der Waals surface area contributed by atoms with Gasteiger partial charge in [0.2, 0.25) is 5.95 Å². The Morgan fingerprint density at radius 1 is 1.41 bits per heavy atom. The van der Waals surface area contributed by atoms with E-state index in [2.05, 4.69) is 15.3 Å². The number of imidazole rings is 1. The van der Waals surface area contributed by atoms with Crippen LogP contribution in [-0.4, -0.2) is 43.3 Å². The van der Waals surface area contributed by atoms with Crippen molar-refractivity contribution in [1.29, 1.82) is 0 Å². The van der Waals surface area contributed by atoms with Crippen LogP contribution in [0.3, 0.4) is 0 Å². The number of benzene rings is 1. The van der Waals surface area contributed by atoms with Crippen molar-refractivity contribution in [3.05, 3.63) is 23.8 Å². The van der Waals surface area contributed by atoms with E-state index in [0.717, 1.165) is 36.6 Å². The average molecular weight is 303 g/mol. The number of aromatic nitrogens is 2. The molecule has 1 aliphatic rings. The third kappa shape index (κ3) is 3.06. The van der Waals surface area contributed by atoms with E-state index in [4.69, 9.17) is 9.47 Å². The van der Waals surface area contributed by atoms with Gasteiger partial charge in [-0.2, -0.15) is 0 Å². The van der Waals surface area contributed by atoms with E-state index in [9.17, 15) is 4.79 Å². The van der Waals surface area contributed by atoms with Crippen LogP contribution in [0.5, 0.6) is 0 Å². The molecule has 0 radical (unpaired) electrons. The van der Waals surface area contributed by atoms with Crippen LogP contribution in [0.2, 0.25) is 0 Å². The number of fused-ring (bicyclic) bond motifs is 1. The van der Waals surface area contributed by atoms with Crippen molar-refractivity contribution in [1.82, 2.24) is 9.97 Å². The summed E-state index contributed by atoms with van der Waals surface area (Å²) in [5.74, 6) is 0.392. The highest BCUT2D eigenvalue weighted by Crippen LogP contribution is 2.48. The maximum Gasteiger partial charge on any atom is 0.337 e. The molecule has 1 aromatic heterocycles. The maximum absolute atomic E-state index is 11.5. The lowest BCUT2D eigenvalue weighted by Gasteiger charge is -2.14. The van der Waals surface area contributed by atoms with Gasteiger partial charge in [0.1, 0.15) is 0 Å². The van der Waals surface area contributed by atoms with Crippen molar-refractivity contribution in [2.45, 2.75) is 19.3 Å². The molecule has 1 saturated carbocycles. The summed E-state index contributed by atoms with van der Waals surface area (Å²) < 4.78 is 9.90. The van der Waals surface area contributed by atoms with E-state index >= 15 is 0 Å². The second-order valence-corrected chi connectivity index (χ2v) is 5.91. The van der Waals surface area contributed by atoms with Gasteiger partial charge in [0, 0.05) is 20.3 Å². The van der Waals surface area contributed by atoms with Gasteiger partial charge in [-0.3, -0.25) is 0 Å². The highest BCUT2D eigenvalue weighted by Gasteiger charge is 2.41. The number of nitrogens with one attached hydrogen (secondary N) is 2. The van der Waals surface area contributed by atoms with Crippen LogP contribution in [0.4, 0.5) is 5.95 Å². The SMILES string of the molecule is COCCC1(CNc2nc3ccc(C(=O)OC)cc3[nH]2)CC1. The third-order valence-electron chi connectivity index (χ3n) is 4.33. The van der Waals surface area contributed by atoms with E-state index in [-0.39, 0.29) is 5.97 Å². The molecule has 1 aliphatic carbocycles. The molecule has 22 heavy (non-hydrogen) atoms. The van der Waals surface area contributed by atoms with Crippen molar-refractivity contribution in [3.63, 3.8) is 0 Å². The number of aromatic amines is 1. The lowest BCUT2D eigenvalue weighted by atomic mass is 10.0. The number of carbonyl (C=O) groups is 1. The number of anilines is 1. The standard InChI is InChI=1S/C16H21N3O3/c1-21-8-7-16(5-6-16)10-17-15-18-12-4-3-11(14(20)22-2)9-13(12)19-15/h3-4,9H,5-8,10H2,1-2H3,(H2,17,18,19). The molecule has 0 amide bonds. The van der Waals surface area contributed by atoms with Crippen LogP contribution < -0.4 is 5.32 Å². The summed E-state index contributed by atoms with van der Waals surface area (Å²) in [5.41, 5.74) is 2.53. The quantitative estimate of drug-likeness (QED) is 0.769. The number of methoxy groups -OCH3 is 2. The van der Waals surface area contributed by atoms with E-state index < -0.39 is 0 Å². The Hall–Kier alpha value is -2.08. The van der Waals surface area contributed by atoms with Gasteiger partial charge in [0.15, 0.2) is 0 Å². The molecule has 6 heteroatoms. The Kier molecular flexibility index (Phi) is 4.02. The molecular weight excluding hydrogens is 282 g/mol. The van der Waals surface area contributed by atoms with Crippen molar-refractivity contribution < 1.29 is 14.3 Å². The number of H-pyrrole nitrogens is 1. The van der Waals surface area contributed by atoms with E-state index in [0.29, 0.717) is 11.0 Å². The zero-order chi connectivity index (χ0) is 15.6. The first-order chi connectivity index (χ1) is 10.7. The first-order valence-electron chi connectivity index (χ1n) is 7.47. The molecule has 0 unspecified atom stereocenters. The summed E-state index contributed by atoms with van der Waals surface area (Å²) in [5, 5.41) is 3.37. The van der Waals surface area contributed by atoms with Gasteiger partial charge in [-0.15, -0.1) is 0 Å². The highest BCUT2D eigenvalue weighted by atomic mass is 16.5. The third-order valence-corrected chi connectivity index (χ3v) is 4.33. The molecule has 2 aromatic rings. The van der Waals surface area contributed by atoms with Gasteiger partial charge < -0.3 is 19.8 Å². The van der Waals surface area contributed by atoms with Crippen LogP contribution in [0.15, 0.2) is 18.2 Å². The minimum absolute atomic E-state index is 0.345. The first-order valence-corrected chi connectivity index (χ1v) is 7.47. The topological polar surface area (TPSA) is 76.2 Å². The zero-order valence-corrected chi connectivity index (χ0v) is 12.9. The number of nitrogens with zero attached hydrogens (tertiary/aromatic N) is 1. The second kappa shape index (κ2) is 5.96. The molecule has 118 valence electrons. The van der Waals surface area contributed by atoms with Gasteiger partial charge in [0.25, 0.3) is 0 Å². The van der Waals surface area contributed by atoms with E-state index in [1.165, 1.54) is 20.0 Å². The molecule has 2 N–H and O–H groups in total. The molecule has 1 aromatic carbocycles. The average Bonchev–Trinajstić information content (AvgIpc) is 3.20. The Morgan fingerprint density at radius 3 is 2.91 bits per heavy atom. The molecule has 0 aliphatic heterocycles. The normalized spacial score (nSPS) is 15.7. The van der Waals surface area contributed by atoms with Crippen molar-refractivity contribution >= 4 is 23.0 Å². The highest BCUT2D eigenvalue weighted by molar-refractivity contribution is 5.93. The molecule has 0 bridgehead atoms. The molecular formula is C16H21N3O3. The second-order valence-electron chi connectivity index (χ2n) is 5.91. The lowest BCUT2D eigenvalue weighted by Crippen LogP contribution is -2.17. The maximum atomic E-state index is 11.5. The van der Waals surface area contributed by atoms with Crippen LogP contribution >= 0.6 is 0 Å². The Labute approximate surface area is 129 Å². The van der Waals surface area contributed by atoms with Gasteiger partial charge in [-0.05, 0) is 42.9 Å². The molecule has 0 saturated heterocycles. The predicted molar refractivity (Wildman–Crippen MR) is 84.1 cm³/mol. The molecule has 0 spiro atoms. The summed E-state index contributed by atoms with van der Waals surface area (Å²) >= 11 is 0. The number of esters is 1. The number of hydrogen-bond donors (Lipinski definition) is 2. The zero-order valence-electron chi connectivity index (χ0n) is 12.9. The summed E-state index contributed by atoms with van der Waals surface area (Å²) in [6.07, 6.45) is 3.54. The summed E-state index contributed by atoms with van der Waals surface area (Å²) in [4.78, 5) is 19.3. The van der Waals surface area contributed by atoms with E-state index in [1.807, 2.05) is 6.07 Å². The van der Waals surface area contributed by atoms with Gasteiger partial charge in [-0.25, -0.2) is 9.78 Å². The monoisotopic (exact) mass is 303 g/mol. The number of ether oxygens (including phenoxy) is 2. The van der Waals surface area contributed by atoms with Crippen LogP contribution in [-0.2, 0) is 9.47 Å². The lowest BCUT2D eigenvalue weighted by molar-refractivity contribution is 0.0601. The van der Waals surface area contributed by atoms with E-state index in [1.54, 1.807) is 19.2 Å². The van der Waals surface area contributed by atoms with Crippen LogP contribution in [0.25, 0.3) is 11.0 Å². The minimum Gasteiger partial charge on any atom is -0.465 e. The predicted octanol–water partition coefficient (Wildman–Crippen LogP) is 2.58. The fourth-order valence-corrected chi connectivity index (χ4v) is 2.62. The van der Waals surface area contributed by atoms with Gasteiger partial charge >= 0.3 is 5.97 Å². The molecule has 6 nitrogen and oxygen atoms in total. The van der Waals surface area contributed by atoms with Crippen LogP contribution in [0, 0.1) is 5.41 Å². The summed E-state index contributed by atoms with van der Waals surface area (Å²) in [6.45, 7) is 1.68. The molecule has 3 rings (SSSR count). The Balaban J connectivity index is 1.68. The number of carbonyl (C=O) groups excluding carboxylic acids is 1. The summed E-state index contributed by atoms with van der Waals surface area (Å²) in [6, 6.07) is 5.30. The first kappa shape index (κ1) is 14.8. The van der Waals surface area contributed by atoms with Crippen LogP contribution in [0.1, 0.15) is 29.6 Å². The number of hydrogen-bond acceptors (Lipinski definition) is 5. The van der Waals surface area contributed by atoms with Gasteiger partial charge in [0.05, 0.1) is 23.7 Å².